The summed E-state index contributed by atoms with van der Waals surface area (Å²) in [4.78, 5) is 2.46. The van der Waals surface area contributed by atoms with Crippen LogP contribution in [0.15, 0.2) is 16.8 Å². The van der Waals surface area contributed by atoms with Gasteiger partial charge in [-0.2, -0.15) is 11.3 Å². The summed E-state index contributed by atoms with van der Waals surface area (Å²) in [5.74, 6) is 0.759. The number of rotatable bonds is 2. The summed E-state index contributed by atoms with van der Waals surface area (Å²) in [5.41, 5.74) is 7.04. The Morgan fingerprint density at radius 2 is 2.23 bits per heavy atom. The van der Waals surface area contributed by atoms with Crippen LogP contribution in [-0.4, -0.2) is 19.6 Å². The summed E-state index contributed by atoms with van der Waals surface area (Å²) >= 11 is 1.77. The van der Waals surface area contributed by atoms with Crippen molar-refractivity contribution in [3.8, 4) is 0 Å². The average Bonchev–Trinajstić information content (AvgIpc) is 2.71. The zero-order chi connectivity index (χ0) is 9.10. The highest BCUT2D eigenvalue weighted by molar-refractivity contribution is 7.08. The fraction of sp³-hybridized carbons (Fsp3) is 0.600. The predicted molar refractivity (Wildman–Crippen MR) is 58.3 cm³/mol. The summed E-state index contributed by atoms with van der Waals surface area (Å²) in [7, 11) is 0. The molecule has 1 fully saturated rings. The molecule has 2 rings (SSSR count). The predicted octanol–water partition coefficient (Wildman–Crippen LogP) is 1.92. The standard InChI is InChI=1S/C10H16N2S/c11-7-9-1-4-12(5-2-9)10-3-6-13-8-10/h3,6,8-9H,1-2,4-5,7,11H2. The first-order chi connectivity index (χ1) is 6.40. The molecule has 0 unspecified atom stereocenters. The van der Waals surface area contributed by atoms with Crippen molar-refractivity contribution in [1.29, 1.82) is 0 Å². The molecule has 1 aliphatic rings. The van der Waals surface area contributed by atoms with E-state index in [1.807, 2.05) is 0 Å². The summed E-state index contributed by atoms with van der Waals surface area (Å²) in [5, 5.41) is 4.37. The van der Waals surface area contributed by atoms with E-state index in [9.17, 15) is 0 Å². The molecule has 0 saturated carbocycles. The van der Waals surface area contributed by atoms with Crippen LogP contribution >= 0.6 is 11.3 Å². The third kappa shape index (κ3) is 2.03. The molecule has 1 aromatic heterocycles. The molecule has 0 radical (unpaired) electrons. The highest BCUT2D eigenvalue weighted by Crippen LogP contribution is 2.24. The van der Waals surface area contributed by atoms with Crippen LogP contribution in [0.1, 0.15) is 12.8 Å². The van der Waals surface area contributed by atoms with Crippen molar-refractivity contribution < 1.29 is 0 Å². The fourth-order valence-corrected chi connectivity index (χ4v) is 2.53. The van der Waals surface area contributed by atoms with Gasteiger partial charge in [-0.05, 0) is 36.8 Å². The van der Waals surface area contributed by atoms with E-state index in [4.69, 9.17) is 5.73 Å². The third-order valence-corrected chi connectivity index (χ3v) is 3.49. The van der Waals surface area contributed by atoms with Crippen LogP contribution in [0.5, 0.6) is 0 Å². The van der Waals surface area contributed by atoms with E-state index >= 15 is 0 Å². The summed E-state index contributed by atoms with van der Waals surface area (Å²) in [6.07, 6.45) is 2.51. The Balaban J connectivity index is 1.92. The lowest BCUT2D eigenvalue weighted by atomic mass is 9.97. The van der Waals surface area contributed by atoms with Crippen LogP contribution < -0.4 is 10.6 Å². The van der Waals surface area contributed by atoms with Gasteiger partial charge in [0, 0.05) is 24.2 Å². The number of hydrogen-bond donors (Lipinski definition) is 1. The highest BCUT2D eigenvalue weighted by Gasteiger charge is 2.17. The molecule has 0 spiro atoms. The van der Waals surface area contributed by atoms with E-state index in [0.717, 1.165) is 12.5 Å². The van der Waals surface area contributed by atoms with E-state index < -0.39 is 0 Å². The maximum Gasteiger partial charge on any atom is 0.0474 e. The van der Waals surface area contributed by atoms with Crippen molar-refractivity contribution in [2.24, 2.45) is 11.7 Å². The van der Waals surface area contributed by atoms with Gasteiger partial charge in [0.15, 0.2) is 0 Å². The first kappa shape index (κ1) is 9.03. The van der Waals surface area contributed by atoms with Gasteiger partial charge in [0.1, 0.15) is 0 Å². The quantitative estimate of drug-likeness (QED) is 0.783. The number of hydrogen-bond acceptors (Lipinski definition) is 3. The van der Waals surface area contributed by atoms with E-state index in [1.165, 1.54) is 31.6 Å². The Bertz CT molecular complexity index is 237. The second-order valence-electron chi connectivity index (χ2n) is 3.65. The first-order valence-corrected chi connectivity index (χ1v) is 5.81. The second kappa shape index (κ2) is 4.11. The lowest BCUT2D eigenvalue weighted by molar-refractivity contribution is 0.415. The van der Waals surface area contributed by atoms with Crippen molar-refractivity contribution in [3.05, 3.63) is 16.8 Å². The molecule has 2 N–H and O–H groups in total. The monoisotopic (exact) mass is 196 g/mol. The molecule has 2 heterocycles. The molecule has 2 nitrogen and oxygen atoms in total. The van der Waals surface area contributed by atoms with Crippen LogP contribution in [0.3, 0.4) is 0 Å². The van der Waals surface area contributed by atoms with Gasteiger partial charge in [0.2, 0.25) is 0 Å². The van der Waals surface area contributed by atoms with Crippen molar-refractivity contribution in [2.75, 3.05) is 24.5 Å². The van der Waals surface area contributed by atoms with E-state index in [2.05, 4.69) is 21.7 Å². The van der Waals surface area contributed by atoms with Crippen LogP contribution in [0.25, 0.3) is 0 Å². The van der Waals surface area contributed by atoms with Crippen molar-refractivity contribution in [1.82, 2.24) is 0 Å². The Morgan fingerprint density at radius 1 is 1.46 bits per heavy atom. The normalized spacial score (nSPS) is 19.3. The van der Waals surface area contributed by atoms with Gasteiger partial charge >= 0.3 is 0 Å². The van der Waals surface area contributed by atoms with Crippen LogP contribution in [0, 0.1) is 5.92 Å². The van der Waals surface area contributed by atoms with Crippen molar-refractivity contribution >= 4 is 17.0 Å². The van der Waals surface area contributed by atoms with Gasteiger partial charge in [-0.15, -0.1) is 0 Å². The molecule has 0 bridgehead atoms. The largest absolute Gasteiger partial charge is 0.371 e. The van der Waals surface area contributed by atoms with E-state index in [0.29, 0.717) is 0 Å². The van der Waals surface area contributed by atoms with Crippen molar-refractivity contribution in [2.45, 2.75) is 12.8 Å². The van der Waals surface area contributed by atoms with Gasteiger partial charge in [-0.25, -0.2) is 0 Å². The maximum atomic E-state index is 5.65. The molecule has 0 aliphatic carbocycles. The zero-order valence-electron chi connectivity index (χ0n) is 7.78. The summed E-state index contributed by atoms with van der Waals surface area (Å²) in [6.45, 7) is 3.22. The minimum Gasteiger partial charge on any atom is -0.371 e. The molecule has 1 saturated heterocycles. The van der Waals surface area contributed by atoms with Gasteiger partial charge < -0.3 is 10.6 Å². The Kier molecular flexibility index (Phi) is 2.86. The molecule has 1 aliphatic heterocycles. The number of piperidine rings is 1. The average molecular weight is 196 g/mol. The zero-order valence-corrected chi connectivity index (χ0v) is 8.59. The lowest BCUT2D eigenvalue weighted by Gasteiger charge is -2.32. The molecule has 1 aromatic rings. The summed E-state index contributed by atoms with van der Waals surface area (Å²) < 4.78 is 0. The molecule has 72 valence electrons. The smallest absolute Gasteiger partial charge is 0.0474 e. The number of anilines is 1. The van der Waals surface area contributed by atoms with Crippen LogP contribution in [0.2, 0.25) is 0 Å². The molecule has 0 aromatic carbocycles. The van der Waals surface area contributed by atoms with Gasteiger partial charge in [0.05, 0.1) is 0 Å². The topological polar surface area (TPSA) is 29.3 Å². The fourth-order valence-electron chi connectivity index (χ4n) is 1.86. The highest BCUT2D eigenvalue weighted by atomic mass is 32.1. The van der Waals surface area contributed by atoms with Gasteiger partial charge in [-0.1, -0.05) is 0 Å². The SMILES string of the molecule is NCC1CCN(c2ccsc2)CC1. The van der Waals surface area contributed by atoms with E-state index in [-0.39, 0.29) is 0 Å². The lowest BCUT2D eigenvalue weighted by Crippen LogP contribution is -2.35. The molecule has 0 amide bonds. The number of nitrogens with two attached hydrogens (primary N) is 1. The molecule has 0 atom stereocenters. The number of nitrogens with zero attached hydrogens (tertiary/aromatic N) is 1. The van der Waals surface area contributed by atoms with Gasteiger partial charge in [0.25, 0.3) is 0 Å². The van der Waals surface area contributed by atoms with Crippen LogP contribution in [0.4, 0.5) is 5.69 Å². The first-order valence-electron chi connectivity index (χ1n) is 4.87. The maximum absolute atomic E-state index is 5.65. The Hall–Kier alpha value is -0.540. The number of thiophene rings is 1. The molecule has 3 heteroatoms. The van der Waals surface area contributed by atoms with Gasteiger partial charge in [-0.3, -0.25) is 0 Å². The Morgan fingerprint density at radius 3 is 2.77 bits per heavy atom. The molecule has 13 heavy (non-hydrogen) atoms. The molecular weight excluding hydrogens is 180 g/mol. The minimum atomic E-state index is 0.759. The van der Waals surface area contributed by atoms with Crippen molar-refractivity contribution in [3.63, 3.8) is 0 Å². The Labute approximate surface area is 83.4 Å². The summed E-state index contributed by atoms with van der Waals surface area (Å²) in [6, 6.07) is 2.20. The minimum absolute atomic E-state index is 0.759. The second-order valence-corrected chi connectivity index (χ2v) is 4.43. The third-order valence-electron chi connectivity index (χ3n) is 2.82. The van der Waals surface area contributed by atoms with Crippen LogP contribution in [-0.2, 0) is 0 Å². The van der Waals surface area contributed by atoms with E-state index in [1.54, 1.807) is 11.3 Å². The molecular formula is C10H16N2S.